The Hall–Kier alpha value is -0.860. The van der Waals surface area contributed by atoms with Gasteiger partial charge in [0.2, 0.25) is 0 Å². The summed E-state index contributed by atoms with van der Waals surface area (Å²) in [6.45, 7) is 4.77. The van der Waals surface area contributed by atoms with E-state index in [4.69, 9.17) is 5.73 Å². The van der Waals surface area contributed by atoms with E-state index in [-0.39, 0.29) is 5.41 Å². The van der Waals surface area contributed by atoms with Crippen LogP contribution in [0.2, 0.25) is 0 Å². The van der Waals surface area contributed by atoms with Crippen LogP contribution in [0.3, 0.4) is 0 Å². The van der Waals surface area contributed by atoms with Crippen molar-refractivity contribution in [3.05, 3.63) is 34.9 Å². The molecular weight excluding hydrogens is 246 g/mol. The van der Waals surface area contributed by atoms with Crippen LogP contribution in [-0.2, 0) is 0 Å². The second kappa shape index (κ2) is 6.73. The monoisotopic (exact) mass is 275 g/mol. The summed E-state index contributed by atoms with van der Waals surface area (Å²) in [6, 6.07) is 6.39. The second-order valence-electron chi connectivity index (χ2n) is 6.66. The Bertz CT molecular complexity index is 413. The summed E-state index contributed by atoms with van der Waals surface area (Å²) < 4.78 is 0. The van der Waals surface area contributed by atoms with E-state index >= 15 is 0 Å². The zero-order valence-corrected chi connectivity index (χ0v) is 13.0. The largest absolute Gasteiger partial charge is 0.388 e. The molecule has 20 heavy (non-hydrogen) atoms. The highest BCUT2D eigenvalue weighted by Crippen LogP contribution is 2.44. The predicted molar refractivity (Wildman–Crippen MR) is 84.7 cm³/mol. The first-order chi connectivity index (χ1) is 9.57. The van der Waals surface area contributed by atoms with E-state index in [1.54, 1.807) is 0 Å². The lowest BCUT2D eigenvalue weighted by atomic mass is 9.70. The molecular formula is C18H29NO. The van der Waals surface area contributed by atoms with Gasteiger partial charge in [-0.3, -0.25) is 0 Å². The SMILES string of the molecule is Cc1cc(C)cc(C(O)C2(CN)CCCCCCC2)c1. The molecule has 0 bridgehead atoms. The molecule has 1 aromatic carbocycles. The summed E-state index contributed by atoms with van der Waals surface area (Å²) in [7, 11) is 0. The molecule has 1 unspecified atom stereocenters. The van der Waals surface area contributed by atoms with Crippen molar-refractivity contribution in [1.82, 2.24) is 0 Å². The number of hydrogen-bond acceptors (Lipinski definition) is 2. The van der Waals surface area contributed by atoms with Crippen molar-refractivity contribution < 1.29 is 5.11 Å². The molecule has 2 nitrogen and oxygen atoms in total. The molecule has 1 aliphatic carbocycles. The zero-order chi connectivity index (χ0) is 14.6. The Labute approximate surface area is 123 Å². The summed E-state index contributed by atoms with van der Waals surface area (Å²) in [5.74, 6) is 0. The summed E-state index contributed by atoms with van der Waals surface area (Å²) in [5.41, 5.74) is 9.48. The molecule has 0 saturated heterocycles. The lowest BCUT2D eigenvalue weighted by Gasteiger charge is -2.39. The van der Waals surface area contributed by atoms with Gasteiger partial charge in [0.15, 0.2) is 0 Å². The number of nitrogens with two attached hydrogens (primary N) is 1. The van der Waals surface area contributed by atoms with Crippen molar-refractivity contribution in [2.45, 2.75) is 64.9 Å². The minimum Gasteiger partial charge on any atom is -0.388 e. The van der Waals surface area contributed by atoms with E-state index in [9.17, 15) is 5.11 Å². The molecule has 0 aliphatic heterocycles. The Morgan fingerprint density at radius 1 is 1.00 bits per heavy atom. The molecule has 0 amide bonds. The molecule has 1 aromatic rings. The lowest BCUT2D eigenvalue weighted by molar-refractivity contribution is 0.00842. The number of rotatable bonds is 3. The molecule has 0 spiro atoms. The average Bonchev–Trinajstić information content (AvgIpc) is 2.37. The molecule has 1 saturated carbocycles. The van der Waals surface area contributed by atoms with Crippen LogP contribution in [0, 0.1) is 19.3 Å². The van der Waals surface area contributed by atoms with Crippen LogP contribution in [0.5, 0.6) is 0 Å². The summed E-state index contributed by atoms with van der Waals surface area (Å²) in [6.07, 6.45) is 7.96. The van der Waals surface area contributed by atoms with Crippen LogP contribution in [0.15, 0.2) is 18.2 Å². The van der Waals surface area contributed by atoms with E-state index in [0.717, 1.165) is 18.4 Å². The van der Waals surface area contributed by atoms with Gasteiger partial charge in [0.05, 0.1) is 6.10 Å². The Morgan fingerprint density at radius 2 is 1.50 bits per heavy atom. The Balaban J connectivity index is 2.28. The topological polar surface area (TPSA) is 46.2 Å². The van der Waals surface area contributed by atoms with E-state index < -0.39 is 6.10 Å². The number of aryl methyl sites for hydroxylation is 2. The predicted octanol–water partition coefficient (Wildman–Crippen LogP) is 4.03. The Morgan fingerprint density at radius 3 is 2.00 bits per heavy atom. The van der Waals surface area contributed by atoms with Crippen molar-refractivity contribution in [2.75, 3.05) is 6.54 Å². The maximum absolute atomic E-state index is 11.0. The minimum atomic E-state index is -0.427. The molecule has 112 valence electrons. The molecule has 0 aromatic heterocycles. The van der Waals surface area contributed by atoms with Gasteiger partial charge in [0.1, 0.15) is 0 Å². The Kier molecular flexibility index (Phi) is 5.22. The van der Waals surface area contributed by atoms with E-state index in [2.05, 4.69) is 32.0 Å². The van der Waals surface area contributed by atoms with Gasteiger partial charge in [-0.1, -0.05) is 61.4 Å². The highest BCUT2D eigenvalue weighted by molar-refractivity contribution is 5.31. The first-order valence-corrected chi connectivity index (χ1v) is 8.04. The molecule has 0 radical (unpaired) electrons. The summed E-state index contributed by atoms with van der Waals surface area (Å²) in [4.78, 5) is 0. The van der Waals surface area contributed by atoms with Gasteiger partial charge in [0.25, 0.3) is 0 Å². The number of hydrogen-bond donors (Lipinski definition) is 2. The van der Waals surface area contributed by atoms with Crippen molar-refractivity contribution in [1.29, 1.82) is 0 Å². The first kappa shape index (κ1) is 15.5. The average molecular weight is 275 g/mol. The van der Waals surface area contributed by atoms with Gasteiger partial charge in [-0.05, 0) is 32.3 Å². The molecule has 0 heterocycles. The van der Waals surface area contributed by atoms with Crippen molar-refractivity contribution in [2.24, 2.45) is 11.1 Å². The third-order valence-corrected chi connectivity index (χ3v) is 4.90. The highest BCUT2D eigenvalue weighted by atomic mass is 16.3. The standard InChI is InChI=1S/C18H29NO/c1-14-10-15(2)12-16(11-14)17(20)18(13-19)8-6-4-3-5-7-9-18/h10-12,17,20H,3-9,13,19H2,1-2H3. The number of aliphatic hydroxyl groups excluding tert-OH is 1. The zero-order valence-electron chi connectivity index (χ0n) is 13.0. The van der Waals surface area contributed by atoms with Gasteiger partial charge in [-0.2, -0.15) is 0 Å². The maximum Gasteiger partial charge on any atom is 0.0858 e. The van der Waals surface area contributed by atoms with Gasteiger partial charge in [0, 0.05) is 12.0 Å². The second-order valence-corrected chi connectivity index (χ2v) is 6.66. The molecule has 1 atom stereocenters. The van der Waals surface area contributed by atoms with Crippen LogP contribution in [-0.4, -0.2) is 11.7 Å². The van der Waals surface area contributed by atoms with Crippen LogP contribution >= 0.6 is 0 Å². The van der Waals surface area contributed by atoms with Crippen molar-refractivity contribution in [3.8, 4) is 0 Å². The normalized spacial score (nSPS) is 21.0. The van der Waals surface area contributed by atoms with Crippen molar-refractivity contribution >= 4 is 0 Å². The molecule has 2 heteroatoms. The van der Waals surface area contributed by atoms with E-state index in [1.165, 1.54) is 43.2 Å². The maximum atomic E-state index is 11.0. The number of benzene rings is 1. The number of aliphatic hydroxyl groups is 1. The van der Waals surface area contributed by atoms with E-state index in [0.29, 0.717) is 6.54 Å². The fourth-order valence-electron chi connectivity index (χ4n) is 3.72. The van der Waals surface area contributed by atoms with Gasteiger partial charge < -0.3 is 10.8 Å². The molecule has 1 fully saturated rings. The summed E-state index contributed by atoms with van der Waals surface area (Å²) >= 11 is 0. The van der Waals surface area contributed by atoms with Crippen molar-refractivity contribution in [3.63, 3.8) is 0 Å². The lowest BCUT2D eigenvalue weighted by Crippen LogP contribution is -2.37. The van der Waals surface area contributed by atoms with Gasteiger partial charge >= 0.3 is 0 Å². The first-order valence-electron chi connectivity index (χ1n) is 8.04. The van der Waals surface area contributed by atoms with Crippen LogP contribution in [0.4, 0.5) is 0 Å². The van der Waals surface area contributed by atoms with E-state index in [1.807, 2.05) is 0 Å². The minimum absolute atomic E-state index is 0.124. The molecule has 1 aliphatic rings. The fourth-order valence-corrected chi connectivity index (χ4v) is 3.72. The molecule has 3 N–H and O–H groups in total. The van der Waals surface area contributed by atoms with Gasteiger partial charge in [-0.25, -0.2) is 0 Å². The fraction of sp³-hybridized carbons (Fsp3) is 0.667. The van der Waals surface area contributed by atoms with Crippen LogP contribution in [0.25, 0.3) is 0 Å². The quantitative estimate of drug-likeness (QED) is 0.875. The third-order valence-electron chi connectivity index (χ3n) is 4.90. The van der Waals surface area contributed by atoms with Gasteiger partial charge in [-0.15, -0.1) is 0 Å². The molecule has 2 rings (SSSR count). The summed E-state index contributed by atoms with van der Waals surface area (Å²) in [5, 5.41) is 11.0. The third kappa shape index (κ3) is 3.42. The van der Waals surface area contributed by atoms with Crippen LogP contribution < -0.4 is 5.73 Å². The highest BCUT2D eigenvalue weighted by Gasteiger charge is 2.37. The smallest absolute Gasteiger partial charge is 0.0858 e. The van der Waals surface area contributed by atoms with Crippen LogP contribution in [0.1, 0.15) is 67.7 Å².